The van der Waals surface area contributed by atoms with Gasteiger partial charge in [-0.25, -0.2) is 0 Å². The molecule has 0 spiro atoms. The standard InChI is InChI=1S/C18H25NO4S2/c1-13(18(21)19-15-8-4-5-9-16(15)22-2)23-17(20)10-6-3-7-14-11-12-24-25-14/h4-5,8-9,13-14H,3,6-7,10-12H2,1-2H3,(H,19,21)/t13-,14-/m0/s1. The molecule has 2 atom stereocenters. The minimum absolute atomic E-state index is 0.323. The number of amides is 1. The van der Waals surface area contributed by atoms with E-state index in [9.17, 15) is 9.59 Å². The average molecular weight is 384 g/mol. The van der Waals surface area contributed by atoms with Crippen molar-refractivity contribution in [2.24, 2.45) is 0 Å². The van der Waals surface area contributed by atoms with Crippen LogP contribution in [0.15, 0.2) is 24.3 Å². The van der Waals surface area contributed by atoms with E-state index in [0.717, 1.165) is 24.5 Å². The molecule has 1 saturated heterocycles. The van der Waals surface area contributed by atoms with Gasteiger partial charge in [-0.1, -0.05) is 40.1 Å². The first-order valence-electron chi connectivity index (χ1n) is 8.51. The van der Waals surface area contributed by atoms with E-state index in [2.05, 4.69) is 5.32 Å². The monoisotopic (exact) mass is 383 g/mol. The molecule has 1 aromatic rings. The van der Waals surface area contributed by atoms with Gasteiger partial charge in [-0.05, 0) is 38.3 Å². The second-order valence-electron chi connectivity index (χ2n) is 5.90. The summed E-state index contributed by atoms with van der Waals surface area (Å²) in [4.78, 5) is 24.1. The van der Waals surface area contributed by atoms with Crippen LogP contribution in [-0.4, -0.2) is 36.1 Å². The van der Waals surface area contributed by atoms with Gasteiger partial charge in [-0.2, -0.15) is 0 Å². The minimum Gasteiger partial charge on any atom is -0.495 e. The van der Waals surface area contributed by atoms with Gasteiger partial charge in [0.1, 0.15) is 5.75 Å². The van der Waals surface area contributed by atoms with Gasteiger partial charge in [0.2, 0.25) is 0 Å². The second kappa shape index (κ2) is 10.6. The van der Waals surface area contributed by atoms with Gasteiger partial charge in [0, 0.05) is 17.4 Å². The summed E-state index contributed by atoms with van der Waals surface area (Å²) in [7, 11) is 5.43. The number of carbonyl (C=O) groups is 2. The molecule has 0 bridgehead atoms. The lowest BCUT2D eigenvalue weighted by atomic mass is 10.1. The maximum atomic E-state index is 12.2. The summed E-state index contributed by atoms with van der Waals surface area (Å²) in [5.74, 6) is 1.11. The van der Waals surface area contributed by atoms with Crippen LogP contribution in [-0.2, 0) is 14.3 Å². The van der Waals surface area contributed by atoms with Crippen LogP contribution in [0, 0.1) is 0 Å². The van der Waals surface area contributed by atoms with E-state index < -0.39 is 6.10 Å². The van der Waals surface area contributed by atoms with Crippen LogP contribution < -0.4 is 10.1 Å². The van der Waals surface area contributed by atoms with Gasteiger partial charge >= 0.3 is 5.97 Å². The molecule has 0 radical (unpaired) electrons. The maximum Gasteiger partial charge on any atom is 0.306 e. The molecule has 1 fully saturated rings. The average Bonchev–Trinajstić information content (AvgIpc) is 3.12. The van der Waals surface area contributed by atoms with Crippen molar-refractivity contribution >= 4 is 39.2 Å². The van der Waals surface area contributed by atoms with Crippen LogP contribution in [0.25, 0.3) is 0 Å². The summed E-state index contributed by atoms with van der Waals surface area (Å²) in [5.41, 5.74) is 0.560. The Morgan fingerprint density at radius 3 is 2.84 bits per heavy atom. The Balaban J connectivity index is 1.67. The molecule has 1 amide bonds. The van der Waals surface area contributed by atoms with Crippen molar-refractivity contribution in [1.29, 1.82) is 0 Å². The van der Waals surface area contributed by atoms with Gasteiger partial charge in [0.15, 0.2) is 6.10 Å². The van der Waals surface area contributed by atoms with Crippen molar-refractivity contribution in [1.82, 2.24) is 0 Å². The third-order valence-corrected chi connectivity index (χ3v) is 6.93. The zero-order chi connectivity index (χ0) is 18.1. The number of methoxy groups -OCH3 is 1. The summed E-state index contributed by atoms with van der Waals surface area (Å²) < 4.78 is 10.4. The highest BCUT2D eigenvalue weighted by molar-refractivity contribution is 8.77. The fraction of sp³-hybridized carbons (Fsp3) is 0.556. The molecular formula is C18H25NO4S2. The van der Waals surface area contributed by atoms with Crippen molar-refractivity contribution in [2.45, 2.75) is 50.4 Å². The number of hydrogen-bond acceptors (Lipinski definition) is 6. The number of anilines is 1. The highest BCUT2D eigenvalue weighted by atomic mass is 33.1. The van der Waals surface area contributed by atoms with Crippen molar-refractivity contribution in [3.05, 3.63) is 24.3 Å². The lowest BCUT2D eigenvalue weighted by molar-refractivity contribution is -0.153. The van der Waals surface area contributed by atoms with Gasteiger partial charge in [0.05, 0.1) is 12.8 Å². The number of ether oxygens (including phenoxy) is 2. The third-order valence-electron chi connectivity index (χ3n) is 3.93. The van der Waals surface area contributed by atoms with Crippen molar-refractivity contribution in [3.63, 3.8) is 0 Å². The van der Waals surface area contributed by atoms with E-state index in [1.807, 2.05) is 27.7 Å². The van der Waals surface area contributed by atoms with E-state index in [-0.39, 0.29) is 11.9 Å². The number of hydrogen-bond donors (Lipinski definition) is 1. The molecule has 1 aromatic carbocycles. The normalized spacial score (nSPS) is 17.8. The smallest absolute Gasteiger partial charge is 0.306 e. The number of para-hydroxylation sites is 2. The van der Waals surface area contributed by atoms with Gasteiger partial charge in [-0.3, -0.25) is 9.59 Å². The van der Waals surface area contributed by atoms with Gasteiger partial charge in [0.25, 0.3) is 5.91 Å². The van der Waals surface area contributed by atoms with Crippen LogP contribution in [0.2, 0.25) is 0 Å². The number of unbranched alkanes of at least 4 members (excludes halogenated alkanes) is 1. The Morgan fingerprint density at radius 2 is 2.12 bits per heavy atom. The maximum absolute atomic E-state index is 12.2. The molecule has 0 aromatic heterocycles. The lowest BCUT2D eigenvalue weighted by Crippen LogP contribution is -2.30. The predicted octanol–water partition coefficient (Wildman–Crippen LogP) is 4.28. The summed E-state index contributed by atoms with van der Waals surface area (Å²) in [6.07, 6.45) is 3.77. The number of nitrogens with one attached hydrogen (secondary N) is 1. The summed E-state index contributed by atoms with van der Waals surface area (Å²) in [5, 5.41) is 3.45. The molecule has 2 rings (SSSR count). The molecule has 0 unspecified atom stereocenters. The molecule has 0 saturated carbocycles. The largest absolute Gasteiger partial charge is 0.495 e. The fourth-order valence-electron chi connectivity index (χ4n) is 2.50. The molecule has 7 heteroatoms. The number of carbonyl (C=O) groups excluding carboxylic acids is 2. The molecule has 25 heavy (non-hydrogen) atoms. The zero-order valence-corrected chi connectivity index (χ0v) is 16.3. The number of rotatable bonds is 9. The summed E-state index contributed by atoms with van der Waals surface area (Å²) in [6.45, 7) is 1.58. The molecule has 1 aliphatic rings. The number of esters is 1. The lowest BCUT2D eigenvalue weighted by Gasteiger charge is -2.15. The highest BCUT2D eigenvalue weighted by Gasteiger charge is 2.19. The quantitative estimate of drug-likeness (QED) is 0.390. The first-order chi connectivity index (χ1) is 12.1. The van der Waals surface area contributed by atoms with Crippen LogP contribution in [0.4, 0.5) is 5.69 Å². The molecule has 0 aliphatic carbocycles. The van der Waals surface area contributed by atoms with E-state index >= 15 is 0 Å². The van der Waals surface area contributed by atoms with Crippen molar-refractivity contribution < 1.29 is 19.1 Å². The van der Waals surface area contributed by atoms with Crippen molar-refractivity contribution in [2.75, 3.05) is 18.2 Å². The van der Waals surface area contributed by atoms with Gasteiger partial charge in [-0.15, -0.1) is 0 Å². The Bertz CT molecular complexity index is 576. The Morgan fingerprint density at radius 1 is 1.32 bits per heavy atom. The molecular weight excluding hydrogens is 358 g/mol. The zero-order valence-electron chi connectivity index (χ0n) is 14.7. The number of benzene rings is 1. The van der Waals surface area contributed by atoms with E-state index in [4.69, 9.17) is 9.47 Å². The fourth-order valence-corrected chi connectivity index (χ4v) is 5.53. The SMILES string of the molecule is COc1ccccc1NC(=O)[C@H](C)OC(=O)CCCC[C@H]1CCSS1. The van der Waals surface area contributed by atoms with Crippen LogP contribution in [0.3, 0.4) is 0 Å². The minimum atomic E-state index is -0.834. The Kier molecular flexibility index (Phi) is 8.48. The van der Waals surface area contributed by atoms with E-state index in [1.165, 1.54) is 19.3 Å². The molecule has 138 valence electrons. The first kappa shape index (κ1) is 20.0. The van der Waals surface area contributed by atoms with Crippen LogP contribution in [0.1, 0.15) is 39.0 Å². The topological polar surface area (TPSA) is 64.6 Å². The Labute approximate surface area is 157 Å². The van der Waals surface area contributed by atoms with Crippen LogP contribution >= 0.6 is 21.6 Å². The summed E-state index contributed by atoms with van der Waals surface area (Å²) in [6, 6.07) is 7.12. The van der Waals surface area contributed by atoms with Crippen molar-refractivity contribution in [3.8, 4) is 5.75 Å². The molecule has 1 heterocycles. The summed E-state index contributed by atoms with van der Waals surface area (Å²) >= 11 is 0. The van der Waals surface area contributed by atoms with E-state index in [1.54, 1.807) is 25.1 Å². The van der Waals surface area contributed by atoms with Crippen LogP contribution in [0.5, 0.6) is 5.75 Å². The van der Waals surface area contributed by atoms with Gasteiger partial charge < -0.3 is 14.8 Å². The van der Waals surface area contributed by atoms with E-state index in [0.29, 0.717) is 17.9 Å². The Hall–Kier alpha value is -1.34. The predicted molar refractivity (Wildman–Crippen MR) is 104 cm³/mol. The molecule has 5 nitrogen and oxygen atoms in total. The highest BCUT2D eigenvalue weighted by Crippen LogP contribution is 2.39. The third kappa shape index (κ3) is 6.82. The molecule has 1 N–H and O–H groups in total. The first-order valence-corrected chi connectivity index (χ1v) is 10.9. The molecule has 1 aliphatic heterocycles. The second-order valence-corrected chi connectivity index (χ2v) is 8.68.